The molecule has 0 bridgehead atoms. The molecule has 2 amide bonds. The van der Waals surface area contributed by atoms with Gasteiger partial charge in [0, 0.05) is 39.3 Å². The molecule has 2 aliphatic rings. The molecule has 2 N–H and O–H groups in total. The zero-order chi connectivity index (χ0) is 36.3. The van der Waals surface area contributed by atoms with Gasteiger partial charge in [-0.3, -0.25) is 19.4 Å². The van der Waals surface area contributed by atoms with Crippen LogP contribution in [0.15, 0.2) is 50.6 Å². The van der Waals surface area contributed by atoms with Gasteiger partial charge in [-0.1, -0.05) is 36.2 Å². The predicted molar refractivity (Wildman–Crippen MR) is 182 cm³/mol. The summed E-state index contributed by atoms with van der Waals surface area (Å²) < 4.78 is 47.6. The number of nitrogens with one attached hydrogen (secondary N) is 1. The van der Waals surface area contributed by atoms with Crippen LogP contribution in [0.3, 0.4) is 0 Å². The van der Waals surface area contributed by atoms with E-state index in [1.54, 1.807) is 18.7 Å². The van der Waals surface area contributed by atoms with Gasteiger partial charge in [0.1, 0.15) is 12.2 Å². The molecule has 0 saturated carbocycles. The number of alkyl halides is 3. The van der Waals surface area contributed by atoms with Gasteiger partial charge < -0.3 is 34.4 Å². The van der Waals surface area contributed by atoms with Crippen molar-refractivity contribution >= 4 is 64.8 Å². The Hall–Kier alpha value is -4.61. The molecule has 0 spiro atoms. The number of ether oxygens (including phenoxy) is 1. The number of aliphatic imine (C=N–C) groups is 1. The van der Waals surface area contributed by atoms with Gasteiger partial charge in [-0.2, -0.15) is 22.7 Å². The Morgan fingerprint density at radius 3 is 2.40 bits per heavy atom. The summed E-state index contributed by atoms with van der Waals surface area (Å²) in [7, 11) is 0. The zero-order valence-corrected chi connectivity index (χ0v) is 28.6. The number of amides is 2. The van der Waals surface area contributed by atoms with Crippen LogP contribution in [-0.2, 0) is 33.5 Å². The second kappa shape index (κ2) is 15.1. The second-order valence-electron chi connectivity index (χ2n) is 11.3. The van der Waals surface area contributed by atoms with Crippen LogP contribution in [-0.4, -0.2) is 100 Å². The van der Waals surface area contributed by atoms with Crippen molar-refractivity contribution in [3.63, 3.8) is 0 Å². The van der Waals surface area contributed by atoms with Crippen LogP contribution >= 0.6 is 23.2 Å². The quantitative estimate of drug-likeness (QED) is 0.144. The molecule has 4 heterocycles. The molecule has 2 saturated heterocycles. The second-order valence-corrected chi connectivity index (χ2v) is 12.1. The van der Waals surface area contributed by atoms with Crippen LogP contribution in [0, 0.1) is 0 Å². The Bertz CT molecular complexity index is 1930. The number of allylic oxidation sites excluding steroid dienone is 2. The summed E-state index contributed by atoms with van der Waals surface area (Å²) in [4.78, 5) is 54.2. The Balaban J connectivity index is 1.50. The minimum absolute atomic E-state index is 0.0274. The molecule has 0 radical (unpaired) electrons. The Morgan fingerprint density at radius 2 is 1.82 bits per heavy atom. The fraction of sp³-hybridized carbons (Fsp3) is 0.419. The smallest absolute Gasteiger partial charge is 0.416 e. The van der Waals surface area contributed by atoms with E-state index in [9.17, 15) is 32.7 Å². The third kappa shape index (κ3) is 7.44. The van der Waals surface area contributed by atoms with Gasteiger partial charge in [0.15, 0.2) is 11.5 Å². The van der Waals surface area contributed by atoms with Gasteiger partial charge in [-0.15, -0.1) is 5.10 Å². The van der Waals surface area contributed by atoms with E-state index in [0.29, 0.717) is 32.0 Å². The highest BCUT2D eigenvalue weighted by molar-refractivity contribution is 6.33. The van der Waals surface area contributed by atoms with Gasteiger partial charge in [0.25, 0.3) is 11.5 Å². The van der Waals surface area contributed by atoms with Crippen molar-refractivity contribution in [2.45, 2.75) is 33.0 Å². The Morgan fingerprint density at radius 1 is 1.14 bits per heavy atom. The first kappa shape index (κ1) is 36.7. The van der Waals surface area contributed by atoms with Crippen LogP contribution in [0.5, 0.6) is 0 Å². The van der Waals surface area contributed by atoms with Crippen LogP contribution in [0.25, 0.3) is 5.78 Å². The van der Waals surface area contributed by atoms with Crippen molar-refractivity contribution in [3.05, 3.63) is 67.4 Å². The number of morpholine rings is 1. The minimum Gasteiger partial charge on any atom is -0.504 e. The lowest BCUT2D eigenvalue weighted by molar-refractivity contribution is -0.137. The highest BCUT2D eigenvalue weighted by atomic mass is 35.5. The van der Waals surface area contributed by atoms with Crippen molar-refractivity contribution in [2.75, 3.05) is 67.6 Å². The fourth-order valence-electron chi connectivity index (χ4n) is 5.72. The van der Waals surface area contributed by atoms with Crippen molar-refractivity contribution in [1.82, 2.24) is 24.1 Å². The average molecular weight is 741 g/mol. The normalized spacial score (nSPS) is 16.5. The largest absolute Gasteiger partial charge is 0.504 e. The minimum atomic E-state index is -4.62. The SMILES string of the molecule is C=N/C(C(=O)N1CCN(c2c(CC)n(CC(=O)Nc3ccc(C(F)(F)F)cc3Cl)c3nc(N4CCOCC4)nn3c2=O)CC1)=C(O)\C(Cl)=C/C. The maximum absolute atomic E-state index is 14.1. The number of rotatable bonds is 9. The number of fused-ring (bicyclic) bond motifs is 1. The highest BCUT2D eigenvalue weighted by Gasteiger charge is 2.33. The van der Waals surface area contributed by atoms with Crippen LogP contribution in [0.4, 0.5) is 30.5 Å². The zero-order valence-electron chi connectivity index (χ0n) is 27.1. The number of aliphatic hydroxyl groups excluding tert-OH is 1. The molecule has 0 aliphatic carbocycles. The molecule has 2 fully saturated rings. The van der Waals surface area contributed by atoms with Gasteiger partial charge >= 0.3 is 6.18 Å². The van der Waals surface area contributed by atoms with Crippen LogP contribution < -0.4 is 20.7 Å². The molecule has 5 rings (SSSR count). The first-order valence-electron chi connectivity index (χ1n) is 15.6. The lowest BCUT2D eigenvalue weighted by atomic mass is 10.2. The first-order chi connectivity index (χ1) is 23.8. The van der Waals surface area contributed by atoms with Crippen molar-refractivity contribution in [2.24, 2.45) is 4.99 Å². The molecule has 50 heavy (non-hydrogen) atoms. The fourth-order valence-corrected chi connectivity index (χ4v) is 6.04. The number of aromatic nitrogens is 4. The van der Waals surface area contributed by atoms with E-state index in [0.717, 1.165) is 22.7 Å². The number of halogens is 5. The Kier molecular flexibility index (Phi) is 11.1. The van der Waals surface area contributed by atoms with Gasteiger partial charge in [0.05, 0.1) is 40.2 Å². The van der Waals surface area contributed by atoms with Crippen molar-refractivity contribution < 1.29 is 32.6 Å². The van der Waals surface area contributed by atoms with E-state index >= 15 is 0 Å². The summed E-state index contributed by atoms with van der Waals surface area (Å²) in [5.41, 5.74) is -1.10. The summed E-state index contributed by atoms with van der Waals surface area (Å²) in [6.07, 6.45) is -2.93. The number of aliphatic hydroxyl groups is 1. The molecule has 2 aromatic heterocycles. The summed E-state index contributed by atoms with van der Waals surface area (Å²) in [6, 6.07) is 2.61. The van der Waals surface area contributed by atoms with E-state index in [1.165, 1.54) is 15.5 Å². The topological polar surface area (TPSA) is 150 Å². The first-order valence-corrected chi connectivity index (χ1v) is 16.3. The lowest BCUT2D eigenvalue weighted by Crippen LogP contribution is -2.51. The number of piperazine rings is 1. The summed E-state index contributed by atoms with van der Waals surface area (Å²) >= 11 is 12.1. The van der Waals surface area contributed by atoms with Gasteiger partial charge in [-0.05, 0) is 38.3 Å². The van der Waals surface area contributed by atoms with Crippen molar-refractivity contribution in [1.29, 1.82) is 0 Å². The van der Waals surface area contributed by atoms with E-state index in [2.05, 4.69) is 27.1 Å². The number of benzene rings is 1. The van der Waals surface area contributed by atoms with Crippen LogP contribution in [0.2, 0.25) is 5.02 Å². The van der Waals surface area contributed by atoms with E-state index in [1.807, 2.05) is 4.90 Å². The third-order valence-electron chi connectivity index (χ3n) is 8.26. The van der Waals surface area contributed by atoms with E-state index < -0.39 is 34.9 Å². The molecular formula is C31H34Cl2F3N9O5. The molecule has 0 unspecified atom stereocenters. The summed E-state index contributed by atoms with van der Waals surface area (Å²) in [5.74, 6) is -1.39. The maximum Gasteiger partial charge on any atom is 0.416 e. The van der Waals surface area contributed by atoms with Crippen molar-refractivity contribution in [3.8, 4) is 0 Å². The standard InChI is InChI=1S/C31H34Cl2F3N9O5/c1-4-19(32)26(47)24(37-3)27(48)42-10-8-41(9-11-42)25-22(5-2)44(17-23(46)38-21-7-6-18(16-20(21)33)31(34,35)36)30-39-29(40-45(30)28(25)49)43-12-14-50-15-13-43/h4,6-7,16,47H,3,5,8-15,17H2,1-2H3,(H,38,46)/b19-4+,26-24+. The maximum atomic E-state index is 14.1. The number of carbonyl (C=O) groups is 2. The molecule has 268 valence electrons. The number of anilines is 3. The third-order valence-corrected chi connectivity index (χ3v) is 8.97. The number of carbonyl (C=O) groups excluding carboxylic acids is 2. The molecule has 2 aliphatic heterocycles. The molecule has 1 aromatic carbocycles. The average Bonchev–Trinajstić information content (AvgIpc) is 3.56. The molecule has 14 nitrogen and oxygen atoms in total. The monoisotopic (exact) mass is 739 g/mol. The summed E-state index contributed by atoms with van der Waals surface area (Å²) in [5, 5.41) is 17.1. The molecule has 0 atom stereocenters. The lowest BCUT2D eigenvalue weighted by Gasteiger charge is -2.36. The van der Waals surface area contributed by atoms with E-state index in [-0.39, 0.29) is 78.0 Å². The number of hydrogen-bond acceptors (Lipinski definition) is 10. The highest BCUT2D eigenvalue weighted by Crippen LogP contribution is 2.34. The molecular weight excluding hydrogens is 706 g/mol. The predicted octanol–water partition coefficient (Wildman–Crippen LogP) is 3.86. The molecule has 19 heteroatoms. The Labute approximate surface area is 294 Å². The van der Waals surface area contributed by atoms with Crippen LogP contribution in [0.1, 0.15) is 25.1 Å². The van der Waals surface area contributed by atoms with Gasteiger partial charge in [0.2, 0.25) is 17.6 Å². The summed E-state index contributed by atoms with van der Waals surface area (Å²) in [6.45, 7) is 8.88. The number of hydrogen-bond donors (Lipinski definition) is 2. The van der Waals surface area contributed by atoms with E-state index in [4.69, 9.17) is 27.9 Å². The van der Waals surface area contributed by atoms with Gasteiger partial charge in [-0.25, -0.2) is 0 Å². The number of nitrogens with zero attached hydrogens (tertiary/aromatic N) is 8. The molecule has 3 aromatic rings.